The highest BCUT2D eigenvalue weighted by atomic mass is 35.5. The molecule has 2 amide bonds. The Kier molecular flexibility index (Phi) is 5.88. The van der Waals surface area contributed by atoms with Crippen molar-refractivity contribution in [2.45, 2.75) is 6.92 Å². The van der Waals surface area contributed by atoms with Gasteiger partial charge in [0.1, 0.15) is 0 Å². The van der Waals surface area contributed by atoms with Crippen LogP contribution in [0.5, 0.6) is 0 Å². The fourth-order valence-electron chi connectivity index (χ4n) is 1.88. The van der Waals surface area contributed by atoms with Gasteiger partial charge in [0.25, 0.3) is 11.8 Å². The summed E-state index contributed by atoms with van der Waals surface area (Å²) in [7, 11) is 0. The van der Waals surface area contributed by atoms with E-state index in [1.807, 2.05) is 25.1 Å². The molecule has 2 rings (SSSR count). The topological polar surface area (TPSA) is 70.6 Å². The maximum absolute atomic E-state index is 12.0. The molecule has 0 bridgehead atoms. The predicted octanol–water partition coefficient (Wildman–Crippen LogP) is 2.53. The van der Waals surface area contributed by atoms with E-state index < -0.39 is 5.91 Å². The number of hydrogen-bond donors (Lipinski definition) is 2. The molecule has 5 nitrogen and oxygen atoms in total. The molecular formula is C17H16ClN3O2. The van der Waals surface area contributed by atoms with Crippen molar-refractivity contribution < 1.29 is 9.59 Å². The molecule has 2 aromatic rings. The third-order valence-electron chi connectivity index (χ3n) is 3.10. The summed E-state index contributed by atoms with van der Waals surface area (Å²) in [6, 6.07) is 14.3. The lowest BCUT2D eigenvalue weighted by Crippen LogP contribution is -2.35. The largest absolute Gasteiger partial charge is 0.343 e. The first-order chi connectivity index (χ1) is 11.1. The van der Waals surface area contributed by atoms with Crippen molar-refractivity contribution in [2.24, 2.45) is 5.10 Å². The number of amides is 2. The lowest BCUT2D eigenvalue weighted by molar-refractivity contribution is -0.120. The minimum atomic E-state index is -0.421. The second kappa shape index (κ2) is 8.10. The molecule has 6 heteroatoms. The number of hydrogen-bond acceptors (Lipinski definition) is 3. The van der Waals surface area contributed by atoms with E-state index in [-0.39, 0.29) is 12.5 Å². The summed E-state index contributed by atoms with van der Waals surface area (Å²) in [5, 5.41) is 6.90. The highest BCUT2D eigenvalue weighted by Crippen LogP contribution is 2.12. The maximum atomic E-state index is 12.0. The van der Waals surface area contributed by atoms with E-state index in [2.05, 4.69) is 15.8 Å². The zero-order chi connectivity index (χ0) is 16.7. The number of halogens is 1. The standard InChI is InChI=1S/C17H16ClN3O2/c1-12-6-2-4-8-14(12)17(23)19-11-16(22)21-20-10-13-7-3-5-9-15(13)18/h2-10H,11H2,1H3,(H,19,23)(H,21,22). The van der Waals surface area contributed by atoms with Crippen molar-refractivity contribution in [3.8, 4) is 0 Å². The Morgan fingerprint density at radius 2 is 1.83 bits per heavy atom. The fourth-order valence-corrected chi connectivity index (χ4v) is 2.06. The lowest BCUT2D eigenvalue weighted by atomic mass is 10.1. The van der Waals surface area contributed by atoms with Crippen molar-refractivity contribution >= 4 is 29.6 Å². The minimum absolute atomic E-state index is 0.160. The van der Waals surface area contributed by atoms with Crippen LogP contribution < -0.4 is 10.7 Å². The molecule has 23 heavy (non-hydrogen) atoms. The molecule has 0 heterocycles. The quantitative estimate of drug-likeness (QED) is 0.653. The first kappa shape index (κ1) is 16.7. The van der Waals surface area contributed by atoms with Crippen molar-refractivity contribution in [1.29, 1.82) is 0 Å². The van der Waals surface area contributed by atoms with Crippen LogP contribution in [-0.2, 0) is 4.79 Å². The molecule has 0 spiro atoms. The number of aryl methyl sites for hydroxylation is 1. The fraction of sp³-hybridized carbons (Fsp3) is 0.118. The van der Waals surface area contributed by atoms with E-state index in [1.165, 1.54) is 6.21 Å². The van der Waals surface area contributed by atoms with E-state index in [4.69, 9.17) is 11.6 Å². The van der Waals surface area contributed by atoms with Crippen LogP contribution in [0.3, 0.4) is 0 Å². The SMILES string of the molecule is Cc1ccccc1C(=O)NCC(=O)NN=Cc1ccccc1Cl. The molecule has 0 saturated heterocycles. The van der Waals surface area contributed by atoms with Crippen LogP contribution in [0.15, 0.2) is 53.6 Å². The Bertz CT molecular complexity index is 744. The van der Waals surface area contributed by atoms with Gasteiger partial charge in [0.15, 0.2) is 0 Å². The zero-order valence-corrected chi connectivity index (χ0v) is 13.3. The molecule has 0 aliphatic heterocycles. The van der Waals surface area contributed by atoms with Gasteiger partial charge < -0.3 is 5.32 Å². The number of rotatable bonds is 5. The normalized spacial score (nSPS) is 10.5. The van der Waals surface area contributed by atoms with Gasteiger partial charge in [0, 0.05) is 16.1 Å². The first-order valence-electron chi connectivity index (χ1n) is 6.98. The van der Waals surface area contributed by atoms with Crippen LogP contribution in [0.25, 0.3) is 0 Å². The molecule has 0 saturated carbocycles. The Morgan fingerprint density at radius 1 is 1.13 bits per heavy atom. The number of carbonyl (C=O) groups is 2. The monoisotopic (exact) mass is 329 g/mol. The predicted molar refractivity (Wildman–Crippen MR) is 90.7 cm³/mol. The molecule has 2 aromatic carbocycles. The van der Waals surface area contributed by atoms with Gasteiger partial charge in [-0.15, -0.1) is 0 Å². The summed E-state index contributed by atoms with van der Waals surface area (Å²) in [5.41, 5.74) is 4.42. The van der Waals surface area contributed by atoms with E-state index in [1.54, 1.807) is 30.3 Å². The molecule has 0 aliphatic carbocycles. The van der Waals surface area contributed by atoms with Gasteiger partial charge in [-0.3, -0.25) is 9.59 Å². The number of carbonyl (C=O) groups excluding carboxylic acids is 2. The van der Waals surface area contributed by atoms with Crippen molar-refractivity contribution in [3.63, 3.8) is 0 Å². The molecule has 0 aromatic heterocycles. The Hall–Kier alpha value is -2.66. The van der Waals surface area contributed by atoms with Gasteiger partial charge in [-0.2, -0.15) is 5.10 Å². The highest BCUT2D eigenvalue weighted by molar-refractivity contribution is 6.33. The maximum Gasteiger partial charge on any atom is 0.259 e. The summed E-state index contributed by atoms with van der Waals surface area (Å²) in [5.74, 6) is -0.719. The summed E-state index contributed by atoms with van der Waals surface area (Å²) >= 11 is 5.96. The lowest BCUT2D eigenvalue weighted by Gasteiger charge is -2.06. The molecule has 2 N–H and O–H groups in total. The van der Waals surface area contributed by atoms with E-state index in [0.717, 1.165) is 5.56 Å². The van der Waals surface area contributed by atoms with Crippen LogP contribution in [-0.4, -0.2) is 24.6 Å². The molecule has 0 atom stereocenters. The molecule has 0 fully saturated rings. The van der Waals surface area contributed by atoms with Crippen LogP contribution >= 0.6 is 11.6 Å². The second-order valence-electron chi connectivity index (χ2n) is 4.81. The Morgan fingerprint density at radius 3 is 2.57 bits per heavy atom. The van der Waals surface area contributed by atoms with Crippen LogP contribution in [0.4, 0.5) is 0 Å². The Balaban J connectivity index is 1.83. The zero-order valence-electron chi connectivity index (χ0n) is 12.5. The summed E-state index contributed by atoms with van der Waals surface area (Å²) < 4.78 is 0. The van der Waals surface area contributed by atoms with Gasteiger partial charge >= 0.3 is 0 Å². The van der Waals surface area contributed by atoms with Crippen LogP contribution in [0.1, 0.15) is 21.5 Å². The van der Waals surface area contributed by atoms with Crippen molar-refractivity contribution in [3.05, 3.63) is 70.2 Å². The van der Waals surface area contributed by atoms with E-state index in [9.17, 15) is 9.59 Å². The molecule has 118 valence electrons. The molecule has 0 unspecified atom stereocenters. The summed E-state index contributed by atoms with van der Waals surface area (Å²) in [6.07, 6.45) is 1.45. The minimum Gasteiger partial charge on any atom is -0.343 e. The second-order valence-corrected chi connectivity index (χ2v) is 5.22. The van der Waals surface area contributed by atoms with Gasteiger partial charge in [-0.25, -0.2) is 5.43 Å². The Labute approximate surface area is 139 Å². The van der Waals surface area contributed by atoms with Gasteiger partial charge in [0.2, 0.25) is 0 Å². The first-order valence-corrected chi connectivity index (χ1v) is 7.36. The van der Waals surface area contributed by atoms with Gasteiger partial charge in [0.05, 0.1) is 12.8 Å². The summed E-state index contributed by atoms with van der Waals surface area (Å²) in [6.45, 7) is 1.68. The van der Waals surface area contributed by atoms with Gasteiger partial charge in [-0.1, -0.05) is 48.0 Å². The number of hydrazone groups is 1. The third kappa shape index (κ3) is 4.93. The molecule has 0 aliphatic rings. The molecular weight excluding hydrogens is 314 g/mol. The smallest absolute Gasteiger partial charge is 0.259 e. The number of nitrogens with zero attached hydrogens (tertiary/aromatic N) is 1. The number of benzene rings is 2. The summed E-state index contributed by atoms with van der Waals surface area (Å²) in [4.78, 5) is 23.6. The average Bonchev–Trinajstić information content (AvgIpc) is 2.55. The van der Waals surface area contributed by atoms with E-state index >= 15 is 0 Å². The van der Waals surface area contributed by atoms with Crippen LogP contribution in [0, 0.1) is 6.92 Å². The van der Waals surface area contributed by atoms with Crippen LogP contribution in [0.2, 0.25) is 5.02 Å². The van der Waals surface area contributed by atoms with Crippen molar-refractivity contribution in [1.82, 2.24) is 10.7 Å². The average molecular weight is 330 g/mol. The van der Waals surface area contributed by atoms with Crippen molar-refractivity contribution in [2.75, 3.05) is 6.54 Å². The number of nitrogens with one attached hydrogen (secondary N) is 2. The third-order valence-corrected chi connectivity index (χ3v) is 3.44. The highest BCUT2D eigenvalue weighted by Gasteiger charge is 2.09. The van der Waals surface area contributed by atoms with E-state index in [0.29, 0.717) is 16.1 Å². The van der Waals surface area contributed by atoms with Gasteiger partial charge in [-0.05, 0) is 24.6 Å². The molecule has 0 radical (unpaired) electrons.